The van der Waals surface area contributed by atoms with Gasteiger partial charge in [0.15, 0.2) is 0 Å². The molecular formula is C14H18N2O2. The molecular weight excluding hydrogens is 228 g/mol. The van der Waals surface area contributed by atoms with Crippen LogP contribution in [0.1, 0.15) is 37.3 Å². The third kappa shape index (κ3) is 4.10. The number of ether oxygens (including phenoxy) is 1. The molecule has 18 heavy (non-hydrogen) atoms. The summed E-state index contributed by atoms with van der Waals surface area (Å²) in [4.78, 5) is 0. The van der Waals surface area contributed by atoms with Crippen LogP contribution in [0.25, 0.3) is 0 Å². The van der Waals surface area contributed by atoms with Gasteiger partial charge in [-0.25, -0.2) is 0 Å². The fourth-order valence-corrected chi connectivity index (χ4v) is 1.59. The molecule has 4 nitrogen and oxygen atoms in total. The van der Waals surface area contributed by atoms with Crippen molar-refractivity contribution in [2.75, 3.05) is 6.61 Å². The Bertz CT molecular complexity index is 461. The first-order valence-electron chi connectivity index (χ1n) is 5.98. The molecule has 0 atom stereocenters. The van der Waals surface area contributed by atoms with E-state index in [4.69, 9.17) is 15.2 Å². The van der Waals surface area contributed by atoms with Crippen LogP contribution in [0.3, 0.4) is 0 Å². The van der Waals surface area contributed by atoms with E-state index in [1.54, 1.807) is 6.92 Å². The maximum absolute atomic E-state index is 8.84. The first-order valence-corrected chi connectivity index (χ1v) is 5.98. The van der Waals surface area contributed by atoms with Crippen molar-refractivity contribution in [2.24, 2.45) is 5.16 Å². The molecule has 0 saturated carbocycles. The van der Waals surface area contributed by atoms with Crippen LogP contribution in [0, 0.1) is 18.3 Å². The summed E-state index contributed by atoms with van der Waals surface area (Å²) in [5.41, 5.74) is 2.42. The molecule has 0 saturated heterocycles. The van der Waals surface area contributed by atoms with E-state index in [0.29, 0.717) is 24.5 Å². The van der Waals surface area contributed by atoms with Gasteiger partial charge in [0.05, 0.1) is 18.4 Å². The van der Waals surface area contributed by atoms with Gasteiger partial charge < -0.3 is 9.94 Å². The number of benzene rings is 1. The normalized spacial score (nSPS) is 11.1. The van der Waals surface area contributed by atoms with Crippen LogP contribution in [-0.2, 0) is 0 Å². The molecule has 0 unspecified atom stereocenters. The fourth-order valence-electron chi connectivity index (χ4n) is 1.59. The first-order chi connectivity index (χ1) is 8.69. The zero-order valence-corrected chi connectivity index (χ0v) is 10.8. The van der Waals surface area contributed by atoms with E-state index in [2.05, 4.69) is 11.2 Å². The lowest BCUT2D eigenvalue weighted by atomic mass is 10.1. The number of oxime groups is 1. The Balaban J connectivity index is 2.68. The van der Waals surface area contributed by atoms with Crippen LogP contribution in [0.4, 0.5) is 0 Å². The van der Waals surface area contributed by atoms with Gasteiger partial charge in [-0.05, 0) is 38.8 Å². The molecule has 0 aromatic heterocycles. The molecule has 0 spiro atoms. The summed E-state index contributed by atoms with van der Waals surface area (Å²) in [5.74, 6) is 0.716. The largest absolute Gasteiger partial charge is 0.493 e. The highest BCUT2D eigenvalue weighted by Crippen LogP contribution is 2.21. The minimum atomic E-state index is 0.533. The molecule has 0 radical (unpaired) electrons. The molecule has 0 bridgehead atoms. The summed E-state index contributed by atoms with van der Waals surface area (Å²) >= 11 is 0. The molecule has 96 valence electrons. The van der Waals surface area contributed by atoms with Crippen molar-refractivity contribution >= 4 is 5.71 Å². The van der Waals surface area contributed by atoms with Crippen LogP contribution in [0.5, 0.6) is 5.75 Å². The SMILES string of the molecule is CC(=NO)c1cc(C)ccc1OCCCCC#N. The molecule has 1 aromatic rings. The van der Waals surface area contributed by atoms with Gasteiger partial charge in [0, 0.05) is 12.0 Å². The Labute approximate surface area is 108 Å². The van der Waals surface area contributed by atoms with E-state index >= 15 is 0 Å². The summed E-state index contributed by atoms with van der Waals surface area (Å²) in [6, 6.07) is 7.87. The Morgan fingerprint density at radius 3 is 2.89 bits per heavy atom. The summed E-state index contributed by atoms with van der Waals surface area (Å²) in [5, 5.41) is 20.5. The Morgan fingerprint density at radius 2 is 2.22 bits per heavy atom. The van der Waals surface area contributed by atoms with Crippen molar-refractivity contribution in [3.05, 3.63) is 29.3 Å². The monoisotopic (exact) mass is 246 g/mol. The third-order valence-corrected chi connectivity index (χ3v) is 2.62. The standard InChI is InChI=1S/C14H18N2O2/c1-11-6-7-14(13(10-11)12(2)16-17)18-9-5-3-4-8-15/h6-7,10,17H,3-5,9H2,1-2H3. The quantitative estimate of drug-likeness (QED) is 0.362. The number of hydrogen-bond acceptors (Lipinski definition) is 4. The van der Waals surface area contributed by atoms with Gasteiger partial charge in [0.2, 0.25) is 0 Å². The van der Waals surface area contributed by atoms with E-state index in [1.807, 2.05) is 25.1 Å². The minimum absolute atomic E-state index is 0.533. The van der Waals surface area contributed by atoms with Gasteiger partial charge in [-0.3, -0.25) is 0 Å². The molecule has 0 fully saturated rings. The zero-order valence-electron chi connectivity index (χ0n) is 10.8. The summed E-state index contributed by atoms with van der Waals surface area (Å²) in [6.45, 7) is 4.28. The zero-order chi connectivity index (χ0) is 13.4. The summed E-state index contributed by atoms with van der Waals surface area (Å²) in [7, 11) is 0. The fraction of sp³-hybridized carbons (Fsp3) is 0.429. The van der Waals surface area contributed by atoms with Gasteiger partial charge in [-0.2, -0.15) is 5.26 Å². The lowest BCUT2D eigenvalue weighted by Crippen LogP contribution is -2.04. The predicted octanol–water partition coefficient (Wildman–Crippen LogP) is 3.27. The van der Waals surface area contributed by atoms with Crippen molar-refractivity contribution in [3.63, 3.8) is 0 Å². The van der Waals surface area contributed by atoms with Crippen molar-refractivity contribution in [1.29, 1.82) is 5.26 Å². The highest BCUT2D eigenvalue weighted by atomic mass is 16.5. The van der Waals surface area contributed by atoms with Gasteiger partial charge in [0.1, 0.15) is 5.75 Å². The van der Waals surface area contributed by atoms with Gasteiger partial charge in [-0.1, -0.05) is 16.8 Å². The van der Waals surface area contributed by atoms with Crippen LogP contribution >= 0.6 is 0 Å². The van der Waals surface area contributed by atoms with Crippen LogP contribution < -0.4 is 4.74 Å². The number of nitrogens with zero attached hydrogens (tertiary/aromatic N) is 2. The van der Waals surface area contributed by atoms with Crippen molar-refractivity contribution in [2.45, 2.75) is 33.1 Å². The molecule has 0 aliphatic carbocycles. The maximum atomic E-state index is 8.84. The van der Waals surface area contributed by atoms with Crippen molar-refractivity contribution in [3.8, 4) is 11.8 Å². The minimum Gasteiger partial charge on any atom is -0.493 e. The Kier molecular flexibility index (Phi) is 5.72. The third-order valence-electron chi connectivity index (χ3n) is 2.62. The molecule has 0 aliphatic rings. The number of rotatable bonds is 6. The van der Waals surface area contributed by atoms with E-state index in [-0.39, 0.29) is 0 Å². The van der Waals surface area contributed by atoms with E-state index in [1.165, 1.54) is 0 Å². The van der Waals surface area contributed by atoms with Crippen LogP contribution in [0.15, 0.2) is 23.4 Å². The smallest absolute Gasteiger partial charge is 0.128 e. The van der Waals surface area contributed by atoms with E-state index in [9.17, 15) is 0 Å². The van der Waals surface area contributed by atoms with Crippen LogP contribution in [0.2, 0.25) is 0 Å². The van der Waals surface area contributed by atoms with E-state index < -0.39 is 0 Å². The van der Waals surface area contributed by atoms with Crippen molar-refractivity contribution < 1.29 is 9.94 Å². The summed E-state index contributed by atoms with van der Waals surface area (Å²) < 4.78 is 5.66. The number of unbranched alkanes of at least 4 members (excludes halogenated alkanes) is 2. The van der Waals surface area contributed by atoms with Gasteiger partial charge >= 0.3 is 0 Å². The molecule has 0 aliphatic heterocycles. The lowest BCUT2D eigenvalue weighted by Gasteiger charge is -2.11. The van der Waals surface area contributed by atoms with Gasteiger partial charge in [-0.15, -0.1) is 0 Å². The van der Waals surface area contributed by atoms with E-state index in [0.717, 1.165) is 24.0 Å². The topological polar surface area (TPSA) is 65.6 Å². The first kappa shape index (κ1) is 14.0. The molecule has 1 rings (SSSR count). The Morgan fingerprint density at radius 1 is 1.44 bits per heavy atom. The number of aryl methyl sites for hydroxylation is 1. The number of hydrogen-bond donors (Lipinski definition) is 1. The van der Waals surface area contributed by atoms with Crippen molar-refractivity contribution in [1.82, 2.24) is 0 Å². The lowest BCUT2D eigenvalue weighted by molar-refractivity contribution is 0.304. The average molecular weight is 246 g/mol. The highest BCUT2D eigenvalue weighted by molar-refractivity contribution is 6.00. The molecule has 1 aromatic carbocycles. The molecule has 4 heteroatoms. The molecule has 0 heterocycles. The molecule has 1 N–H and O–H groups in total. The summed E-state index contributed by atoms with van der Waals surface area (Å²) in [6.07, 6.45) is 2.24. The Hall–Kier alpha value is -2.02. The second-order valence-electron chi connectivity index (χ2n) is 4.15. The molecule has 0 amide bonds. The van der Waals surface area contributed by atoms with Gasteiger partial charge in [0.25, 0.3) is 0 Å². The maximum Gasteiger partial charge on any atom is 0.128 e. The number of nitriles is 1. The second kappa shape index (κ2) is 7.33. The second-order valence-corrected chi connectivity index (χ2v) is 4.15. The highest BCUT2D eigenvalue weighted by Gasteiger charge is 2.07. The predicted molar refractivity (Wildman–Crippen MR) is 70.1 cm³/mol. The average Bonchev–Trinajstić information content (AvgIpc) is 2.39. The van der Waals surface area contributed by atoms with Crippen LogP contribution in [-0.4, -0.2) is 17.5 Å².